The second kappa shape index (κ2) is 15.0. The predicted octanol–water partition coefficient (Wildman–Crippen LogP) is 7.39. The quantitative estimate of drug-likeness (QED) is 0.104. The van der Waals surface area contributed by atoms with Gasteiger partial charge < -0.3 is 25.4 Å². The number of rotatable bonds is 11. The highest BCUT2D eigenvalue weighted by Crippen LogP contribution is 2.29. The van der Waals surface area contributed by atoms with Crippen molar-refractivity contribution in [2.24, 2.45) is 0 Å². The highest BCUT2D eigenvalue weighted by atomic mass is 32.2. The number of thioether (sulfide) groups is 1. The normalized spacial score (nSPS) is 11.8. The minimum atomic E-state index is -0.536. The van der Waals surface area contributed by atoms with E-state index < -0.39 is 17.1 Å². The van der Waals surface area contributed by atoms with Crippen LogP contribution in [-0.2, 0) is 9.59 Å². The molecule has 0 saturated heterocycles. The van der Waals surface area contributed by atoms with Crippen molar-refractivity contribution in [2.45, 2.75) is 17.1 Å². The van der Waals surface area contributed by atoms with Crippen molar-refractivity contribution >= 4 is 57.7 Å². The van der Waals surface area contributed by atoms with E-state index in [-0.39, 0.29) is 11.6 Å². The van der Waals surface area contributed by atoms with Crippen LogP contribution in [0.4, 0.5) is 11.4 Å². The van der Waals surface area contributed by atoms with Gasteiger partial charge in [0.2, 0.25) is 5.91 Å². The fourth-order valence-corrected chi connectivity index (χ4v) is 5.63. The number of anilines is 2. The van der Waals surface area contributed by atoms with Crippen LogP contribution in [0.15, 0.2) is 126 Å². The molecule has 0 saturated carbocycles. The topological polar surface area (TPSA) is 106 Å². The summed E-state index contributed by atoms with van der Waals surface area (Å²) in [6, 6.07) is 34.7. The molecule has 0 aliphatic heterocycles. The van der Waals surface area contributed by atoms with Crippen LogP contribution >= 0.6 is 11.8 Å². The average Bonchev–Trinajstić information content (AvgIpc) is 3.08. The minimum absolute atomic E-state index is 0.0122. The Bertz CT molecular complexity index is 1900. The van der Waals surface area contributed by atoms with E-state index in [4.69, 9.17) is 9.47 Å². The van der Waals surface area contributed by atoms with Crippen LogP contribution in [0.25, 0.3) is 16.8 Å². The van der Waals surface area contributed by atoms with E-state index in [0.29, 0.717) is 28.3 Å². The molecule has 0 heterocycles. The SMILES string of the molecule is COc1ccc(/C=C(/NC(=O)c2ccccc2)C(=O)Nc2cccc(SC(C)C(=O)Nc3cccc4ccccc34)c2)c(OC)c1. The first-order valence-electron chi connectivity index (χ1n) is 14.5. The number of benzene rings is 5. The van der Waals surface area contributed by atoms with E-state index in [1.165, 1.54) is 18.9 Å². The molecular formula is C37H33N3O5S. The molecule has 0 aromatic heterocycles. The maximum Gasteiger partial charge on any atom is 0.272 e. The molecule has 3 N–H and O–H groups in total. The van der Waals surface area contributed by atoms with Gasteiger partial charge in [-0.1, -0.05) is 60.7 Å². The van der Waals surface area contributed by atoms with Crippen molar-refractivity contribution in [3.05, 3.63) is 132 Å². The van der Waals surface area contributed by atoms with Crippen LogP contribution < -0.4 is 25.4 Å². The third-order valence-corrected chi connectivity index (χ3v) is 8.18. The summed E-state index contributed by atoms with van der Waals surface area (Å²) in [7, 11) is 3.06. The van der Waals surface area contributed by atoms with E-state index in [0.717, 1.165) is 21.4 Å². The van der Waals surface area contributed by atoms with Gasteiger partial charge in [0.15, 0.2) is 0 Å². The van der Waals surface area contributed by atoms with Crippen molar-refractivity contribution in [3.63, 3.8) is 0 Å². The molecule has 0 radical (unpaired) electrons. The number of fused-ring (bicyclic) bond motifs is 1. The first-order valence-corrected chi connectivity index (χ1v) is 15.4. The Hall–Kier alpha value is -5.54. The van der Waals surface area contributed by atoms with Gasteiger partial charge in [-0.15, -0.1) is 11.8 Å². The molecule has 5 aromatic rings. The smallest absolute Gasteiger partial charge is 0.272 e. The molecule has 0 bridgehead atoms. The maximum absolute atomic E-state index is 13.6. The highest BCUT2D eigenvalue weighted by Gasteiger charge is 2.19. The first kappa shape index (κ1) is 31.9. The van der Waals surface area contributed by atoms with Gasteiger partial charge in [-0.05, 0) is 66.9 Å². The lowest BCUT2D eigenvalue weighted by Crippen LogP contribution is -2.30. The van der Waals surface area contributed by atoms with Gasteiger partial charge in [-0.3, -0.25) is 14.4 Å². The van der Waals surface area contributed by atoms with Crippen molar-refractivity contribution < 1.29 is 23.9 Å². The molecule has 5 rings (SSSR count). The molecule has 3 amide bonds. The van der Waals surface area contributed by atoms with E-state index >= 15 is 0 Å². The summed E-state index contributed by atoms with van der Waals surface area (Å²) in [5, 5.41) is 10.3. The summed E-state index contributed by atoms with van der Waals surface area (Å²) in [5.74, 6) is -0.0654. The van der Waals surface area contributed by atoms with Crippen molar-refractivity contribution in [1.82, 2.24) is 5.32 Å². The van der Waals surface area contributed by atoms with Gasteiger partial charge in [0.1, 0.15) is 17.2 Å². The Labute approximate surface area is 271 Å². The Balaban J connectivity index is 1.33. The highest BCUT2D eigenvalue weighted by molar-refractivity contribution is 8.00. The number of amides is 3. The molecule has 0 spiro atoms. The van der Waals surface area contributed by atoms with E-state index in [1.807, 2.05) is 61.5 Å². The van der Waals surface area contributed by atoms with Crippen LogP contribution in [0, 0.1) is 0 Å². The number of carbonyl (C=O) groups is 3. The van der Waals surface area contributed by atoms with E-state index in [1.54, 1.807) is 73.8 Å². The monoisotopic (exact) mass is 631 g/mol. The zero-order valence-corrected chi connectivity index (χ0v) is 26.4. The number of hydrogen-bond donors (Lipinski definition) is 3. The lowest BCUT2D eigenvalue weighted by Gasteiger charge is -2.15. The zero-order chi connectivity index (χ0) is 32.5. The molecular weight excluding hydrogens is 598 g/mol. The predicted molar refractivity (Wildman–Crippen MR) is 184 cm³/mol. The average molecular weight is 632 g/mol. The zero-order valence-electron chi connectivity index (χ0n) is 25.6. The Morgan fingerprint density at radius 2 is 1.50 bits per heavy atom. The van der Waals surface area contributed by atoms with Crippen molar-refractivity contribution in [2.75, 3.05) is 24.9 Å². The van der Waals surface area contributed by atoms with Crippen LogP contribution in [0.3, 0.4) is 0 Å². The third-order valence-electron chi connectivity index (χ3n) is 7.09. The molecule has 0 aliphatic carbocycles. The molecule has 232 valence electrons. The Morgan fingerprint density at radius 3 is 2.28 bits per heavy atom. The molecule has 5 aromatic carbocycles. The Kier molecular flexibility index (Phi) is 10.4. The second-order valence-electron chi connectivity index (χ2n) is 10.2. The van der Waals surface area contributed by atoms with Gasteiger partial charge >= 0.3 is 0 Å². The molecule has 0 fully saturated rings. The van der Waals surface area contributed by atoms with Gasteiger partial charge in [-0.2, -0.15) is 0 Å². The number of carbonyl (C=O) groups excluding carboxylic acids is 3. The number of methoxy groups -OCH3 is 2. The molecule has 0 aliphatic rings. The van der Waals surface area contributed by atoms with Crippen molar-refractivity contribution in [3.8, 4) is 11.5 Å². The van der Waals surface area contributed by atoms with Crippen LogP contribution in [0.5, 0.6) is 11.5 Å². The second-order valence-corrected chi connectivity index (χ2v) is 11.7. The number of hydrogen-bond acceptors (Lipinski definition) is 6. The maximum atomic E-state index is 13.6. The third kappa shape index (κ3) is 7.94. The lowest BCUT2D eigenvalue weighted by atomic mass is 10.1. The summed E-state index contributed by atoms with van der Waals surface area (Å²) >= 11 is 1.37. The Morgan fingerprint density at radius 1 is 0.761 bits per heavy atom. The first-order chi connectivity index (χ1) is 22.3. The number of ether oxygens (including phenoxy) is 2. The van der Waals surface area contributed by atoms with Crippen LogP contribution in [-0.4, -0.2) is 37.2 Å². The van der Waals surface area contributed by atoms with Gasteiger partial charge in [-0.25, -0.2) is 0 Å². The van der Waals surface area contributed by atoms with Gasteiger partial charge in [0, 0.05) is 38.8 Å². The molecule has 46 heavy (non-hydrogen) atoms. The molecule has 8 nitrogen and oxygen atoms in total. The summed E-state index contributed by atoms with van der Waals surface area (Å²) in [6.07, 6.45) is 1.55. The van der Waals surface area contributed by atoms with E-state index in [9.17, 15) is 14.4 Å². The largest absolute Gasteiger partial charge is 0.497 e. The number of nitrogens with one attached hydrogen (secondary N) is 3. The summed E-state index contributed by atoms with van der Waals surface area (Å²) in [4.78, 5) is 40.6. The van der Waals surface area contributed by atoms with Crippen molar-refractivity contribution in [1.29, 1.82) is 0 Å². The minimum Gasteiger partial charge on any atom is -0.497 e. The summed E-state index contributed by atoms with van der Waals surface area (Å²) in [6.45, 7) is 1.83. The molecule has 9 heteroatoms. The van der Waals surface area contributed by atoms with Crippen LogP contribution in [0.2, 0.25) is 0 Å². The fraction of sp³-hybridized carbons (Fsp3) is 0.108. The van der Waals surface area contributed by atoms with Gasteiger partial charge in [0.05, 0.1) is 19.5 Å². The summed E-state index contributed by atoms with van der Waals surface area (Å²) < 4.78 is 10.8. The lowest BCUT2D eigenvalue weighted by molar-refractivity contribution is -0.115. The van der Waals surface area contributed by atoms with Crippen LogP contribution in [0.1, 0.15) is 22.8 Å². The van der Waals surface area contributed by atoms with Gasteiger partial charge in [0.25, 0.3) is 11.8 Å². The molecule has 1 atom stereocenters. The summed E-state index contributed by atoms with van der Waals surface area (Å²) in [5.41, 5.74) is 2.23. The van der Waals surface area contributed by atoms with E-state index in [2.05, 4.69) is 16.0 Å². The standard InChI is InChI=1S/C37H33N3O5S/c1-24(35(41)39-32-18-9-14-25-11-7-8-17-31(25)32)46-30-16-10-15-28(22-30)38-37(43)33(40-36(42)26-12-5-4-6-13-26)21-27-19-20-29(44-2)23-34(27)45-3/h4-24H,1-3H3,(H,38,43)(H,39,41)(H,40,42)/b33-21+. The molecule has 1 unspecified atom stereocenters. The fourth-order valence-electron chi connectivity index (χ4n) is 4.71.